The number of unbranched alkanes of at least 4 members (excludes halogenated alkanes) is 5. The number of benzene rings is 4. The molecule has 5 nitrogen and oxygen atoms in total. The average molecular weight is 509 g/mol. The van der Waals surface area contributed by atoms with Gasteiger partial charge in [0.2, 0.25) is 0 Å². The van der Waals surface area contributed by atoms with Crippen molar-refractivity contribution in [3.05, 3.63) is 108 Å². The van der Waals surface area contributed by atoms with Crippen LogP contribution in [0.4, 0.5) is 0 Å². The summed E-state index contributed by atoms with van der Waals surface area (Å²) in [5.41, 5.74) is 5.12. The molecule has 0 bridgehead atoms. The topological polar surface area (TPSA) is 59.9 Å². The van der Waals surface area contributed by atoms with Gasteiger partial charge in [0.15, 0.2) is 0 Å². The molecule has 1 amide bonds. The Labute approximate surface area is 225 Å². The SMILES string of the molecule is CCCCCCCCOc1ccc(C(=O)NN=Cc2ccc(OCc3cccc4ccccc34)cc2)cc1. The van der Waals surface area contributed by atoms with Crippen LogP contribution in [0.3, 0.4) is 0 Å². The second-order valence-corrected chi connectivity index (χ2v) is 9.34. The number of rotatable bonds is 14. The normalized spacial score (nSPS) is 11.1. The van der Waals surface area contributed by atoms with E-state index in [4.69, 9.17) is 9.47 Å². The summed E-state index contributed by atoms with van der Waals surface area (Å²) in [4.78, 5) is 12.4. The lowest BCUT2D eigenvalue weighted by Crippen LogP contribution is -2.17. The maximum atomic E-state index is 12.4. The van der Waals surface area contributed by atoms with Crippen molar-refractivity contribution in [1.29, 1.82) is 0 Å². The zero-order valence-electron chi connectivity index (χ0n) is 22.1. The Bertz CT molecular complexity index is 1310. The number of hydrogen-bond acceptors (Lipinski definition) is 4. The van der Waals surface area contributed by atoms with Gasteiger partial charge in [-0.05, 0) is 76.9 Å². The summed E-state index contributed by atoms with van der Waals surface area (Å²) in [5.74, 6) is 1.29. The van der Waals surface area contributed by atoms with Gasteiger partial charge in [-0.3, -0.25) is 4.79 Å². The first-order chi connectivity index (χ1) is 18.7. The fourth-order valence-corrected chi connectivity index (χ4v) is 4.23. The van der Waals surface area contributed by atoms with E-state index in [0.29, 0.717) is 18.8 Å². The Hall–Kier alpha value is -4.12. The molecule has 4 aromatic rings. The summed E-state index contributed by atoms with van der Waals surface area (Å²) < 4.78 is 11.8. The highest BCUT2D eigenvalue weighted by Crippen LogP contribution is 2.21. The molecule has 0 radical (unpaired) electrons. The molecule has 0 fully saturated rings. The van der Waals surface area contributed by atoms with Crippen LogP contribution in [0.1, 0.15) is 66.9 Å². The highest BCUT2D eigenvalue weighted by molar-refractivity contribution is 5.95. The van der Waals surface area contributed by atoms with Crippen LogP contribution in [0.15, 0.2) is 96.1 Å². The Morgan fingerprint density at radius 1 is 0.763 bits per heavy atom. The minimum Gasteiger partial charge on any atom is -0.494 e. The molecule has 0 aliphatic rings. The molecule has 1 N–H and O–H groups in total. The average Bonchev–Trinajstić information content (AvgIpc) is 2.96. The van der Waals surface area contributed by atoms with E-state index in [-0.39, 0.29) is 5.91 Å². The smallest absolute Gasteiger partial charge is 0.271 e. The van der Waals surface area contributed by atoms with Gasteiger partial charge in [0.1, 0.15) is 18.1 Å². The maximum Gasteiger partial charge on any atom is 0.271 e. The van der Waals surface area contributed by atoms with Gasteiger partial charge in [0.05, 0.1) is 12.8 Å². The van der Waals surface area contributed by atoms with E-state index in [0.717, 1.165) is 29.0 Å². The van der Waals surface area contributed by atoms with Gasteiger partial charge in [-0.2, -0.15) is 5.10 Å². The standard InChI is InChI=1S/C33H36N2O3/c1-2-3-4-5-6-9-23-37-30-21-17-28(18-22-30)33(36)35-34-24-26-15-19-31(20-16-26)38-25-29-13-10-12-27-11-7-8-14-32(27)29/h7-8,10-22,24H,2-6,9,23,25H2,1H3,(H,35,36). The highest BCUT2D eigenvalue weighted by atomic mass is 16.5. The van der Waals surface area contributed by atoms with Crippen LogP contribution in [0, 0.1) is 0 Å². The summed E-state index contributed by atoms with van der Waals surface area (Å²) in [6.07, 6.45) is 9.00. The summed E-state index contributed by atoms with van der Waals surface area (Å²) in [7, 11) is 0. The van der Waals surface area contributed by atoms with Gasteiger partial charge in [-0.25, -0.2) is 5.43 Å². The van der Waals surface area contributed by atoms with Crippen LogP contribution < -0.4 is 14.9 Å². The predicted octanol–water partition coefficient (Wildman–Crippen LogP) is 7.92. The molecule has 0 aliphatic carbocycles. The molecule has 4 rings (SSSR count). The van der Waals surface area contributed by atoms with Crippen LogP contribution in [-0.4, -0.2) is 18.7 Å². The number of nitrogens with one attached hydrogen (secondary N) is 1. The van der Waals surface area contributed by atoms with Crippen molar-refractivity contribution in [1.82, 2.24) is 5.43 Å². The van der Waals surface area contributed by atoms with Gasteiger partial charge in [0.25, 0.3) is 5.91 Å². The van der Waals surface area contributed by atoms with E-state index in [1.807, 2.05) is 54.6 Å². The molecule has 0 saturated carbocycles. The third kappa shape index (κ3) is 8.20. The summed E-state index contributed by atoms with van der Waals surface area (Å²) in [6.45, 7) is 3.42. The van der Waals surface area contributed by atoms with Crippen molar-refractivity contribution in [2.24, 2.45) is 5.10 Å². The van der Waals surface area contributed by atoms with Crippen molar-refractivity contribution in [2.75, 3.05) is 6.61 Å². The van der Waals surface area contributed by atoms with E-state index in [9.17, 15) is 4.79 Å². The number of carbonyl (C=O) groups excluding carboxylic acids is 1. The minimum atomic E-state index is -0.265. The lowest BCUT2D eigenvalue weighted by molar-refractivity contribution is 0.0955. The number of hydrogen-bond donors (Lipinski definition) is 1. The van der Waals surface area contributed by atoms with Crippen LogP contribution in [-0.2, 0) is 6.61 Å². The van der Waals surface area contributed by atoms with Crippen molar-refractivity contribution < 1.29 is 14.3 Å². The summed E-state index contributed by atoms with van der Waals surface area (Å²) >= 11 is 0. The van der Waals surface area contributed by atoms with Crippen molar-refractivity contribution >= 4 is 22.9 Å². The third-order valence-electron chi connectivity index (χ3n) is 6.42. The Morgan fingerprint density at radius 2 is 1.45 bits per heavy atom. The van der Waals surface area contributed by atoms with Crippen LogP contribution >= 0.6 is 0 Å². The molecule has 196 valence electrons. The number of amides is 1. The van der Waals surface area contributed by atoms with Gasteiger partial charge in [0, 0.05) is 5.56 Å². The molecule has 0 spiro atoms. The van der Waals surface area contributed by atoms with Crippen LogP contribution in [0.25, 0.3) is 10.8 Å². The van der Waals surface area contributed by atoms with Crippen molar-refractivity contribution in [3.8, 4) is 11.5 Å². The summed E-state index contributed by atoms with van der Waals surface area (Å²) in [5, 5.41) is 6.49. The Balaban J connectivity index is 1.19. The van der Waals surface area contributed by atoms with Gasteiger partial charge >= 0.3 is 0 Å². The molecule has 4 aromatic carbocycles. The maximum absolute atomic E-state index is 12.4. The second kappa shape index (κ2) is 14.6. The molecule has 0 heterocycles. The highest BCUT2D eigenvalue weighted by Gasteiger charge is 2.05. The Kier molecular flexibility index (Phi) is 10.3. The van der Waals surface area contributed by atoms with E-state index in [1.54, 1.807) is 18.3 Å². The van der Waals surface area contributed by atoms with Gasteiger partial charge in [-0.1, -0.05) is 81.5 Å². The molecular formula is C33H36N2O3. The predicted molar refractivity (Wildman–Crippen MR) is 155 cm³/mol. The summed E-state index contributed by atoms with van der Waals surface area (Å²) in [6, 6.07) is 29.3. The van der Waals surface area contributed by atoms with Crippen LogP contribution in [0.2, 0.25) is 0 Å². The molecule has 5 heteroatoms. The molecule has 0 unspecified atom stereocenters. The monoisotopic (exact) mass is 508 g/mol. The zero-order valence-corrected chi connectivity index (χ0v) is 22.1. The number of nitrogens with zero attached hydrogens (tertiary/aromatic N) is 1. The lowest BCUT2D eigenvalue weighted by atomic mass is 10.1. The lowest BCUT2D eigenvalue weighted by Gasteiger charge is -2.09. The fraction of sp³-hybridized carbons (Fsp3) is 0.273. The molecule has 0 aromatic heterocycles. The zero-order chi connectivity index (χ0) is 26.4. The fourth-order valence-electron chi connectivity index (χ4n) is 4.23. The van der Waals surface area contributed by atoms with Gasteiger partial charge < -0.3 is 9.47 Å². The van der Waals surface area contributed by atoms with E-state index in [1.165, 1.54) is 42.9 Å². The quantitative estimate of drug-likeness (QED) is 0.107. The molecule has 38 heavy (non-hydrogen) atoms. The first-order valence-electron chi connectivity index (χ1n) is 13.5. The first kappa shape index (κ1) is 26.9. The minimum absolute atomic E-state index is 0.265. The van der Waals surface area contributed by atoms with Crippen LogP contribution in [0.5, 0.6) is 11.5 Å². The number of ether oxygens (including phenoxy) is 2. The number of hydrazone groups is 1. The van der Waals surface area contributed by atoms with Gasteiger partial charge in [-0.15, -0.1) is 0 Å². The second-order valence-electron chi connectivity index (χ2n) is 9.34. The van der Waals surface area contributed by atoms with E-state index >= 15 is 0 Å². The van der Waals surface area contributed by atoms with E-state index in [2.05, 4.69) is 41.7 Å². The first-order valence-corrected chi connectivity index (χ1v) is 13.5. The molecule has 0 saturated heterocycles. The molecule has 0 atom stereocenters. The Morgan fingerprint density at radius 3 is 2.26 bits per heavy atom. The molecule has 0 aliphatic heterocycles. The van der Waals surface area contributed by atoms with E-state index < -0.39 is 0 Å². The number of carbonyl (C=O) groups is 1. The van der Waals surface area contributed by atoms with Crippen molar-refractivity contribution in [2.45, 2.75) is 52.1 Å². The number of fused-ring (bicyclic) bond motifs is 1. The van der Waals surface area contributed by atoms with Crippen molar-refractivity contribution in [3.63, 3.8) is 0 Å². The third-order valence-corrected chi connectivity index (χ3v) is 6.42. The largest absolute Gasteiger partial charge is 0.494 e. The molecular weight excluding hydrogens is 472 g/mol.